The van der Waals surface area contributed by atoms with Gasteiger partial charge in [-0.3, -0.25) is 19.4 Å². The number of hydrogen-bond acceptors (Lipinski definition) is 4. The molecule has 5 fully saturated rings. The number of nitrogens with one attached hydrogen (secondary N) is 1. The van der Waals surface area contributed by atoms with Crippen molar-refractivity contribution in [1.29, 1.82) is 0 Å². The lowest BCUT2D eigenvalue weighted by molar-refractivity contribution is -0.138. The van der Waals surface area contributed by atoms with Crippen molar-refractivity contribution in [2.45, 2.75) is 75.9 Å². The predicted octanol–water partition coefficient (Wildman–Crippen LogP) is 1.94. The molecule has 1 unspecified atom stereocenters. The first-order valence-electron chi connectivity index (χ1n) is 10.8. The second kappa shape index (κ2) is 7.36. The first kappa shape index (κ1) is 19.2. The third-order valence-electron chi connectivity index (χ3n) is 7.86. The summed E-state index contributed by atoms with van der Waals surface area (Å²) in [6.45, 7) is 3.86. The number of carbonyl (C=O) groups excluding carboxylic acids is 1. The van der Waals surface area contributed by atoms with Crippen LogP contribution in [0.4, 0.5) is 0 Å². The van der Waals surface area contributed by atoms with E-state index in [1.54, 1.807) is 0 Å². The van der Waals surface area contributed by atoms with Crippen molar-refractivity contribution in [3.63, 3.8) is 0 Å². The van der Waals surface area contributed by atoms with E-state index in [4.69, 9.17) is 5.11 Å². The number of rotatable bonds is 6. The molecule has 4 aliphatic carbocycles. The second-order valence-corrected chi connectivity index (χ2v) is 9.94. The number of carboxylic acids is 1. The Morgan fingerprint density at radius 1 is 1.11 bits per heavy atom. The van der Waals surface area contributed by atoms with E-state index < -0.39 is 5.97 Å². The molecule has 1 saturated heterocycles. The highest BCUT2D eigenvalue weighted by Crippen LogP contribution is 2.55. The number of piperidine rings is 1. The fraction of sp³-hybridized carbons (Fsp3) is 0.905. The van der Waals surface area contributed by atoms with Gasteiger partial charge in [-0.2, -0.15) is 0 Å². The van der Waals surface area contributed by atoms with Crippen molar-refractivity contribution >= 4 is 11.9 Å². The Bertz CT molecular complexity index is 550. The smallest absolute Gasteiger partial charge is 0.317 e. The third kappa shape index (κ3) is 4.02. The van der Waals surface area contributed by atoms with Crippen LogP contribution in [-0.4, -0.2) is 71.1 Å². The number of carbonyl (C=O) groups is 2. The lowest BCUT2D eigenvalue weighted by Crippen LogP contribution is -2.62. The van der Waals surface area contributed by atoms with Crippen LogP contribution in [0.15, 0.2) is 0 Å². The predicted molar refractivity (Wildman–Crippen MR) is 103 cm³/mol. The number of likely N-dealkylation sites (N-methyl/N-ethyl adjacent to an activating group) is 1. The molecule has 6 nitrogen and oxygen atoms in total. The fourth-order valence-corrected chi connectivity index (χ4v) is 6.85. The van der Waals surface area contributed by atoms with E-state index >= 15 is 0 Å². The fourth-order valence-electron chi connectivity index (χ4n) is 6.85. The SMILES string of the molecule is CC(C(=O)NC12CC3CC(CC(C3)C1)C2)N1CCC(N(C)CC(=O)O)CC1. The summed E-state index contributed by atoms with van der Waals surface area (Å²) in [5, 5.41) is 12.5. The van der Waals surface area contributed by atoms with Crippen molar-refractivity contribution in [1.82, 2.24) is 15.1 Å². The monoisotopic (exact) mass is 377 g/mol. The summed E-state index contributed by atoms with van der Waals surface area (Å²) in [4.78, 5) is 28.2. The molecule has 152 valence electrons. The van der Waals surface area contributed by atoms with E-state index in [9.17, 15) is 9.59 Å². The van der Waals surface area contributed by atoms with Crippen LogP contribution in [0.5, 0.6) is 0 Å². The molecule has 0 radical (unpaired) electrons. The zero-order chi connectivity index (χ0) is 19.2. The van der Waals surface area contributed by atoms with Crippen LogP contribution in [0, 0.1) is 17.8 Å². The molecule has 0 aromatic rings. The van der Waals surface area contributed by atoms with E-state index in [0.717, 1.165) is 43.7 Å². The van der Waals surface area contributed by atoms with Gasteiger partial charge in [-0.25, -0.2) is 0 Å². The Morgan fingerprint density at radius 2 is 1.63 bits per heavy atom. The molecule has 1 aliphatic heterocycles. The highest BCUT2D eigenvalue weighted by atomic mass is 16.4. The van der Waals surface area contributed by atoms with E-state index in [2.05, 4.69) is 10.2 Å². The van der Waals surface area contributed by atoms with Gasteiger partial charge in [-0.05, 0) is 83.1 Å². The van der Waals surface area contributed by atoms with E-state index in [1.165, 1.54) is 38.5 Å². The molecular weight excluding hydrogens is 342 g/mol. The van der Waals surface area contributed by atoms with Crippen LogP contribution in [0.1, 0.15) is 58.3 Å². The molecule has 4 saturated carbocycles. The second-order valence-electron chi connectivity index (χ2n) is 9.94. The lowest BCUT2D eigenvalue weighted by Gasteiger charge is -2.57. The lowest BCUT2D eigenvalue weighted by atomic mass is 9.53. The molecule has 5 aliphatic rings. The van der Waals surface area contributed by atoms with Gasteiger partial charge < -0.3 is 10.4 Å². The maximum Gasteiger partial charge on any atom is 0.317 e. The molecule has 1 amide bonds. The quantitative estimate of drug-likeness (QED) is 0.740. The number of carboxylic acid groups (broad SMARTS) is 1. The summed E-state index contributed by atoms with van der Waals surface area (Å²) in [5.74, 6) is 1.95. The molecule has 6 heteroatoms. The molecule has 0 spiro atoms. The van der Waals surface area contributed by atoms with Gasteiger partial charge in [-0.1, -0.05) is 0 Å². The van der Waals surface area contributed by atoms with Crippen LogP contribution in [-0.2, 0) is 9.59 Å². The standard InChI is InChI=1S/C21H35N3O3/c1-14(24-5-3-18(4-6-24)23(2)13-19(25)26)20(27)22-21-10-15-7-16(11-21)9-17(8-15)12-21/h14-18H,3-13H2,1-2H3,(H,22,27)(H,25,26). The van der Waals surface area contributed by atoms with Gasteiger partial charge in [0.2, 0.25) is 5.91 Å². The van der Waals surface area contributed by atoms with Gasteiger partial charge in [0.15, 0.2) is 0 Å². The number of amides is 1. The molecule has 2 N–H and O–H groups in total. The van der Waals surface area contributed by atoms with Crippen molar-refractivity contribution in [3.05, 3.63) is 0 Å². The van der Waals surface area contributed by atoms with Crippen LogP contribution in [0.2, 0.25) is 0 Å². The summed E-state index contributed by atoms with van der Waals surface area (Å²) >= 11 is 0. The normalized spacial score (nSPS) is 37.5. The zero-order valence-corrected chi connectivity index (χ0v) is 16.8. The maximum absolute atomic E-state index is 13.0. The van der Waals surface area contributed by atoms with Gasteiger partial charge in [0.25, 0.3) is 0 Å². The Balaban J connectivity index is 1.29. The summed E-state index contributed by atoms with van der Waals surface area (Å²) in [6.07, 6.45) is 9.61. The van der Waals surface area contributed by atoms with Crippen LogP contribution in [0.25, 0.3) is 0 Å². The molecule has 1 atom stereocenters. The highest BCUT2D eigenvalue weighted by Gasteiger charge is 2.51. The molecular formula is C21H35N3O3. The summed E-state index contributed by atoms with van der Waals surface area (Å²) in [5.41, 5.74) is 0.0835. The summed E-state index contributed by atoms with van der Waals surface area (Å²) < 4.78 is 0. The average molecular weight is 378 g/mol. The van der Waals surface area contributed by atoms with E-state index in [1.807, 2.05) is 18.9 Å². The molecule has 27 heavy (non-hydrogen) atoms. The van der Waals surface area contributed by atoms with Crippen LogP contribution in [0.3, 0.4) is 0 Å². The molecule has 5 rings (SSSR count). The topological polar surface area (TPSA) is 72.9 Å². The number of aliphatic carboxylic acids is 1. The Labute approximate surface area is 162 Å². The minimum atomic E-state index is -0.775. The first-order valence-corrected chi connectivity index (χ1v) is 10.8. The van der Waals surface area contributed by atoms with Crippen LogP contribution < -0.4 is 5.32 Å². The van der Waals surface area contributed by atoms with Gasteiger partial charge in [0.1, 0.15) is 0 Å². The third-order valence-corrected chi connectivity index (χ3v) is 7.86. The van der Waals surface area contributed by atoms with Gasteiger partial charge in [-0.15, -0.1) is 0 Å². The molecule has 1 heterocycles. The van der Waals surface area contributed by atoms with E-state index in [0.29, 0.717) is 6.04 Å². The zero-order valence-electron chi connectivity index (χ0n) is 16.8. The Hall–Kier alpha value is -1.14. The summed E-state index contributed by atoms with van der Waals surface area (Å²) in [7, 11) is 1.89. The van der Waals surface area contributed by atoms with Crippen molar-refractivity contribution in [3.8, 4) is 0 Å². The molecule has 0 aromatic carbocycles. The number of nitrogens with zero attached hydrogens (tertiary/aromatic N) is 2. The van der Waals surface area contributed by atoms with Gasteiger partial charge in [0.05, 0.1) is 12.6 Å². The van der Waals surface area contributed by atoms with Crippen LogP contribution >= 0.6 is 0 Å². The Morgan fingerprint density at radius 3 is 2.11 bits per heavy atom. The Kier molecular flexibility index (Phi) is 5.23. The van der Waals surface area contributed by atoms with Crippen molar-refractivity contribution < 1.29 is 14.7 Å². The van der Waals surface area contributed by atoms with Crippen molar-refractivity contribution in [2.75, 3.05) is 26.7 Å². The minimum absolute atomic E-state index is 0.0835. The number of likely N-dealkylation sites (tertiary alicyclic amines) is 1. The largest absolute Gasteiger partial charge is 0.480 e. The van der Waals surface area contributed by atoms with Gasteiger partial charge >= 0.3 is 5.97 Å². The molecule has 0 aromatic heterocycles. The average Bonchev–Trinajstić information content (AvgIpc) is 2.59. The van der Waals surface area contributed by atoms with Gasteiger partial charge in [0, 0.05) is 24.7 Å². The first-order chi connectivity index (χ1) is 12.8. The summed E-state index contributed by atoms with van der Waals surface area (Å²) in [6, 6.07) is 0.208. The van der Waals surface area contributed by atoms with E-state index in [-0.39, 0.29) is 24.0 Å². The highest BCUT2D eigenvalue weighted by molar-refractivity contribution is 5.82. The van der Waals surface area contributed by atoms with Crippen molar-refractivity contribution in [2.24, 2.45) is 17.8 Å². The number of hydrogen-bond donors (Lipinski definition) is 2. The molecule has 4 bridgehead atoms. The maximum atomic E-state index is 13.0. The minimum Gasteiger partial charge on any atom is -0.480 e.